The number of fused-ring (bicyclic) bond motifs is 1. The summed E-state index contributed by atoms with van der Waals surface area (Å²) in [5.41, 5.74) is 5.07. The van der Waals surface area contributed by atoms with Crippen LogP contribution >= 0.6 is 11.6 Å². The summed E-state index contributed by atoms with van der Waals surface area (Å²) in [6, 6.07) is 44.2. The van der Waals surface area contributed by atoms with Gasteiger partial charge in [0.2, 0.25) is 0 Å². The quantitative estimate of drug-likeness (QED) is 0.112. The molecular weight excluding hydrogens is 696 g/mol. The van der Waals surface area contributed by atoms with E-state index in [1.165, 1.54) is 10.4 Å². The van der Waals surface area contributed by atoms with Gasteiger partial charge in [-0.25, -0.2) is 0 Å². The van der Waals surface area contributed by atoms with E-state index in [9.17, 15) is 0 Å². The van der Waals surface area contributed by atoms with E-state index in [4.69, 9.17) is 35.0 Å². The van der Waals surface area contributed by atoms with Crippen LogP contribution in [0.4, 0.5) is 0 Å². The van der Waals surface area contributed by atoms with E-state index < -0.39 is 20.5 Å². The highest BCUT2D eigenvalue weighted by Gasteiger charge is 2.51. The van der Waals surface area contributed by atoms with Gasteiger partial charge in [-0.05, 0) is 44.6 Å². The molecule has 1 fully saturated rings. The lowest BCUT2D eigenvalue weighted by atomic mass is 9.83. The molecule has 2 heterocycles. The lowest BCUT2D eigenvalue weighted by molar-refractivity contribution is -0.235. The molecule has 276 valence electrons. The summed E-state index contributed by atoms with van der Waals surface area (Å²) in [6.45, 7) is 13.0. The van der Waals surface area contributed by atoms with Crippen molar-refractivity contribution >= 4 is 30.3 Å². The number of benzene rings is 5. The minimum absolute atomic E-state index is 0.0411. The average molecular weight is 747 g/mol. The van der Waals surface area contributed by atoms with Crippen molar-refractivity contribution in [3.63, 3.8) is 0 Å². The molecule has 1 saturated heterocycles. The molecule has 0 aliphatic carbocycles. The zero-order valence-corrected chi connectivity index (χ0v) is 33.2. The van der Waals surface area contributed by atoms with Gasteiger partial charge in [-0.1, -0.05) is 168 Å². The third-order valence-corrected chi connectivity index (χ3v) is 16.4. The summed E-state index contributed by atoms with van der Waals surface area (Å²) >= 11 is 7.26. The van der Waals surface area contributed by atoms with Gasteiger partial charge in [0, 0.05) is 11.5 Å². The smallest absolute Gasteiger partial charge is 0.261 e. The Morgan fingerprint density at radius 1 is 0.717 bits per heavy atom. The van der Waals surface area contributed by atoms with Crippen molar-refractivity contribution in [1.82, 2.24) is 0 Å². The van der Waals surface area contributed by atoms with E-state index in [0.717, 1.165) is 40.0 Å². The van der Waals surface area contributed by atoms with Crippen LogP contribution in [0.15, 0.2) is 127 Å². The Morgan fingerprint density at radius 3 is 1.70 bits per heavy atom. The lowest BCUT2D eigenvalue weighted by Gasteiger charge is -2.47. The summed E-state index contributed by atoms with van der Waals surface area (Å²) in [6.07, 6.45) is -0.282. The summed E-state index contributed by atoms with van der Waals surface area (Å²) in [5, 5.41) is 2.98. The second kappa shape index (κ2) is 16.3. The molecule has 0 bridgehead atoms. The summed E-state index contributed by atoms with van der Waals surface area (Å²) < 4.78 is 34.4. The minimum Gasteiger partial charge on any atom is -0.488 e. The molecule has 0 N–H and O–H groups in total. The highest BCUT2D eigenvalue weighted by atomic mass is 35.5. The number of rotatable bonds is 13. The predicted octanol–water partition coefficient (Wildman–Crippen LogP) is 9.97. The van der Waals surface area contributed by atoms with Crippen LogP contribution in [0.1, 0.15) is 75.0 Å². The van der Waals surface area contributed by atoms with Gasteiger partial charge in [0.15, 0.2) is 0 Å². The van der Waals surface area contributed by atoms with Crippen LogP contribution in [0.2, 0.25) is 10.1 Å². The molecule has 53 heavy (non-hydrogen) atoms. The van der Waals surface area contributed by atoms with E-state index in [-0.39, 0.29) is 23.2 Å². The monoisotopic (exact) mass is 746 g/mol. The number of ether oxygens (including phenoxy) is 4. The zero-order chi connectivity index (χ0) is 37.0. The van der Waals surface area contributed by atoms with E-state index in [1.807, 2.05) is 36.4 Å². The molecule has 1 unspecified atom stereocenters. The van der Waals surface area contributed by atoms with Gasteiger partial charge in [0.05, 0.1) is 42.6 Å². The van der Waals surface area contributed by atoms with Gasteiger partial charge in [-0.15, -0.1) is 0 Å². The van der Waals surface area contributed by atoms with Crippen molar-refractivity contribution in [3.05, 3.63) is 160 Å². The lowest BCUT2D eigenvalue weighted by Crippen LogP contribution is -2.66. The zero-order valence-electron chi connectivity index (χ0n) is 31.5. The van der Waals surface area contributed by atoms with Gasteiger partial charge < -0.3 is 23.4 Å². The van der Waals surface area contributed by atoms with Crippen molar-refractivity contribution in [2.45, 2.75) is 96.9 Å². The van der Waals surface area contributed by atoms with Crippen LogP contribution in [-0.2, 0) is 45.1 Å². The Labute approximate surface area is 321 Å². The summed E-state index contributed by atoms with van der Waals surface area (Å²) in [7, 11) is -2.83. The minimum atomic E-state index is -2.83. The van der Waals surface area contributed by atoms with Gasteiger partial charge in [-0.3, -0.25) is 0 Å². The molecule has 0 amide bonds. The molecule has 5 aromatic carbocycles. The molecule has 2 aliphatic rings. The van der Waals surface area contributed by atoms with E-state index in [1.54, 1.807) is 0 Å². The van der Waals surface area contributed by atoms with Gasteiger partial charge >= 0.3 is 0 Å². The van der Waals surface area contributed by atoms with Gasteiger partial charge in [-0.2, -0.15) is 0 Å². The van der Waals surface area contributed by atoms with E-state index >= 15 is 0 Å². The van der Waals surface area contributed by atoms with Crippen LogP contribution in [-0.4, -0.2) is 26.6 Å². The first-order valence-electron chi connectivity index (χ1n) is 18.9. The Kier molecular flexibility index (Phi) is 11.6. The molecule has 2 aliphatic heterocycles. The SMILES string of the molecule is CC[C@H]1OC(c2cc(CO[Si](c3ccccc3)(c3ccccc3)C(C)(C)C)c(Cl)c3c2OC3)[C@H](OCc2ccccc2)[C@@H](OCc2ccccc2)[C@@H]1C. The fraction of sp³-hybridized carbons (Fsp3) is 0.348. The maximum Gasteiger partial charge on any atom is 0.261 e. The van der Waals surface area contributed by atoms with Gasteiger partial charge in [0.1, 0.15) is 24.6 Å². The highest BCUT2D eigenvalue weighted by Crippen LogP contribution is 2.49. The van der Waals surface area contributed by atoms with Crippen LogP contribution in [0, 0.1) is 5.92 Å². The predicted molar refractivity (Wildman–Crippen MR) is 215 cm³/mol. The number of hydrogen-bond donors (Lipinski definition) is 0. The largest absolute Gasteiger partial charge is 0.488 e. The van der Waals surface area contributed by atoms with Crippen LogP contribution in [0.5, 0.6) is 5.75 Å². The Bertz CT molecular complexity index is 1890. The first-order valence-corrected chi connectivity index (χ1v) is 21.2. The Morgan fingerprint density at radius 2 is 1.23 bits per heavy atom. The maximum absolute atomic E-state index is 7.41. The Hall–Kier alpha value is -3.75. The van der Waals surface area contributed by atoms with Crippen molar-refractivity contribution in [2.75, 3.05) is 0 Å². The molecule has 0 aromatic heterocycles. The van der Waals surface area contributed by atoms with Crippen LogP contribution < -0.4 is 15.1 Å². The van der Waals surface area contributed by atoms with Crippen molar-refractivity contribution in [2.24, 2.45) is 5.92 Å². The molecule has 5 aromatic rings. The normalized spacial score (nSPS) is 21.4. The second-order valence-corrected chi connectivity index (χ2v) is 20.1. The van der Waals surface area contributed by atoms with Crippen molar-refractivity contribution in [1.29, 1.82) is 0 Å². The third-order valence-electron chi connectivity index (χ3n) is 11.0. The molecule has 7 rings (SSSR count). The van der Waals surface area contributed by atoms with E-state index in [2.05, 4.69) is 126 Å². The topological polar surface area (TPSA) is 46.2 Å². The average Bonchev–Trinajstić information content (AvgIpc) is 3.16. The van der Waals surface area contributed by atoms with Crippen molar-refractivity contribution in [3.8, 4) is 5.75 Å². The van der Waals surface area contributed by atoms with Gasteiger partial charge in [0.25, 0.3) is 8.32 Å². The molecule has 0 saturated carbocycles. The second-order valence-electron chi connectivity index (χ2n) is 15.4. The molecule has 0 radical (unpaired) electrons. The number of halogens is 1. The molecule has 7 heteroatoms. The summed E-state index contributed by atoms with van der Waals surface area (Å²) in [5.74, 6) is 0.881. The molecule has 0 spiro atoms. The van der Waals surface area contributed by atoms with Crippen LogP contribution in [0.3, 0.4) is 0 Å². The highest BCUT2D eigenvalue weighted by molar-refractivity contribution is 6.99. The Balaban J connectivity index is 1.28. The molecule has 5 nitrogen and oxygen atoms in total. The fourth-order valence-corrected chi connectivity index (χ4v) is 12.9. The number of hydrogen-bond acceptors (Lipinski definition) is 5. The van der Waals surface area contributed by atoms with E-state index in [0.29, 0.717) is 31.5 Å². The fourth-order valence-electron chi connectivity index (χ4n) is 8.16. The molecule has 5 atom stereocenters. The van der Waals surface area contributed by atoms with Crippen LogP contribution in [0.25, 0.3) is 0 Å². The standard InChI is InChI=1S/C46H51ClO5Si/c1-6-40-32(2)42(48-28-33-19-11-7-12-20-33)45(49-29-34-21-13-8-14-22-34)44(52-40)38-27-35(41(47)39-31-50-43(38)39)30-51-53(46(3,4)5,36-23-15-9-16-24-36)37-25-17-10-18-26-37/h7-27,32,40,42,44-45H,6,28-31H2,1-5H3/t32-,40-,42+,44?,45-/m1/s1. The molecular formula is C46H51ClO5Si. The van der Waals surface area contributed by atoms with Crippen molar-refractivity contribution < 1.29 is 23.4 Å². The third kappa shape index (κ3) is 7.64. The summed E-state index contributed by atoms with van der Waals surface area (Å²) in [4.78, 5) is 0. The first kappa shape index (κ1) is 37.6. The first-order chi connectivity index (χ1) is 25.7. The maximum atomic E-state index is 7.41.